The van der Waals surface area contributed by atoms with Crippen LogP contribution in [0.2, 0.25) is 0 Å². The summed E-state index contributed by atoms with van der Waals surface area (Å²) in [5.74, 6) is -0.00956. The molecule has 0 unspecified atom stereocenters. The van der Waals surface area contributed by atoms with Gasteiger partial charge in [0.25, 0.3) is 5.69 Å². The molecule has 3 rings (SSSR count). The van der Waals surface area contributed by atoms with Gasteiger partial charge in [-0.05, 0) is 37.6 Å². The summed E-state index contributed by atoms with van der Waals surface area (Å²) in [7, 11) is 1.97. The van der Waals surface area contributed by atoms with Crippen molar-refractivity contribution in [1.29, 1.82) is 0 Å². The number of likely N-dealkylation sites (N-methyl/N-ethyl adjacent to an activating group) is 1. The van der Waals surface area contributed by atoms with Gasteiger partial charge in [-0.3, -0.25) is 10.1 Å². The highest BCUT2D eigenvalue weighted by atomic mass is 16.6. The topological polar surface area (TPSA) is 66.6 Å². The fourth-order valence-electron chi connectivity index (χ4n) is 3.16. The minimum Gasteiger partial charge on any atom is -0.507 e. The summed E-state index contributed by atoms with van der Waals surface area (Å²) in [5.41, 5.74) is 6.55. The van der Waals surface area contributed by atoms with Crippen molar-refractivity contribution in [3.8, 4) is 5.75 Å². The van der Waals surface area contributed by atoms with Gasteiger partial charge in [0.2, 0.25) is 0 Å². The Bertz CT molecular complexity index is 893. The van der Waals surface area contributed by atoms with Crippen molar-refractivity contribution in [2.24, 2.45) is 0 Å². The lowest BCUT2D eigenvalue weighted by molar-refractivity contribution is -0.384. The molecule has 0 saturated carbocycles. The number of nitro benzene ring substituents is 1. The zero-order chi connectivity index (χ0) is 17.5. The Kier molecular flexibility index (Phi) is 3.66. The van der Waals surface area contributed by atoms with E-state index in [0.717, 1.165) is 11.4 Å². The van der Waals surface area contributed by atoms with Gasteiger partial charge in [-0.1, -0.05) is 23.9 Å². The van der Waals surface area contributed by atoms with E-state index in [9.17, 15) is 15.2 Å². The monoisotopic (exact) mass is 322 g/mol. The fraction of sp³-hybridized carbons (Fsp3) is 0.211. The molecule has 1 N–H and O–H groups in total. The molecule has 122 valence electrons. The van der Waals surface area contributed by atoms with Gasteiger partial charge in [0.1, 0.15) is 5.75 Å². The number of anilines is 1. The van der Waals surface area contributed by atoms with Gasteiger partial charge in [0.05, 0.1) is 10.6 Å². The lowest BCUT2D eigenvalue weighted by Crippen LogP contribution is -2.22. The molecule has 0 spiro atoms. The third kappa shape index (κ3) is 2.45. The fourth-order valence-corrected chi connectivity index (χ4v) is 3.16. The first-order valence-electron chi connectivity index (χ1n) is 7.60. The van der Waals surface area contributed by atoms with E-state index in [0.29, 0.717) is 5.56 Å². The molecule has 2 aromatic carbocycles. The molecule has 0 saturated heterocycles. The molecular weight excluding hydrogens is 304 g/mol. The quantitative estimate of drug-likeness (QED) is 0.510. The number of non-ortho nitro benzene ring substituents is 1. The number of phenolic OH excluding ortho intramolecular Hbond substituents is 1. The Morgan fingerprint density at radius 2 is 1.96 bits per heavy atom. The van der Waals surface area contributed by atoms with E-state index in [1.165, 1.54) is 23.8 Å². The lowest BCUT2D eigenvalue weighted by atomic mass is 9.84. The molecule has 0 radical (unpaired) electrons. The molecule has 5 heteroatoms. The second-order valence-corrected chi connectivity index (χ2v) is 6.34. The lowest BCUT2D eigenvalue weighted by Gasteiger charge is -2.21. The normalized spacial score (nSPS) is 15.0. The molecule has 1 heterocycles. The van der Waals surface area contributed by atoms with Crippen LogP contribution in [-0.4, -0.2) is 17.1 Å². The predicted octanol–water partition coefficient (Wildman–Crippen LogP) is 4.22. The SMILES string of the molecule is CN1C(=C=Cc2cc([N+](=O)[O-])ccc2O)C(C)(C)c2ccccc21. The van der Waals surface area contributed by atoms with Crippen LogP contribution in [0.25, 0.3) is 6.08 Å². The highest BCUT2D eigenvalue weighted by molar-refractivity contribution is 5.71. The number of fused-ring (bicyclic) bond motifs is 1. The van der Waals surface area contributed by atoms with Crippen LogP contribution in [0.1, 0.15) is 25.0 Å². The van der Waals surface area contributed by atoms with Crippen molar-refractivity contribution in [2.45, 2.75) is 19.3 Å². The van der Waals surface area contributed by atoms with Crippen LogP contribution in [0.15, 0.2) is 53.9 Å². The third-order valence-electron chi connectivity index (χ3n) is 4.45. The van der Waals surface area contributed by atoms with Crippen molar-refractivity contribution in [3.05, 3.63) is 75.1 Å². The van der Waals surface area contributed by atoms with E-state index in [2.05, 4.69) is 36.6 Å². The van der Waals surface area contributed by atoms with Gasteiger partial charge in [-0.25, -0.2) is 0 Å². The third-order valence-corrected chi connectivity index (χ3v) is 4.45. The van der Waals surface area contributed by atoms with E-state index in [1.807, 2.05) is 19.2 Å². The summed E-state index contributed by atoms with van der Waals surface area (Å²) < 4.78 is 0. The Morgan fingerprint density at radius 1 is 1.25 bits per heavy atom. The van der Waals surface area contributed by atoms with E-state index in [1.54, 1.807) is 6.08 Å². The highest BCUT2D eigenvalue weighted by Crippen LogP contribution is 2.46. The van der Waals surface area contributed by atoms with Crippen LogP contribution in [0.3, 0.4) is 0 Å². The Morgan fingerprint density at radius 3 is 2.62 bits per heavy atom. The number of para-hydroxylation sites is 1. The van der Waals surface area contributed by atoms with Crippen LogP contribution in [0.4, 0.5) is 11.4 Å². The second-order valence-electron chi connectivity index (χ2n) is 6.34. The van der Waals surface area contributed by atoms with Gasteiger partial charge in [-0.2, -0.15) is 0 Å². The van der Waals surface area contributed by atoms with Gasteiger partial charge < -0.3 is 10.0 Å². The summed E-state index contributed by atoms with van der Waals surface area (Å²) in [6.07, 6.45) is 1.60. The minimum atomic E-state index is -0.481. The summed E-state index contributed by atoms with van der Waals surface area (Å²) in [4.78, 5) is 12.5. The zero-order valence-corrected chi connectivity index (χ0v) is 13.8. The van der Waals surface area contributed by atoms with Crippen LogP contribution in [0, 0.1) is 10.1 Å². The van der Waals surface area contributed by atoms with Gasteiger partial charge >= 0.3 is 0 Å². The molecule has 24 heavy (non-hydrogen) atoms. The first-order chi connectivity index (χ1) is 11.3. The van der Waals surface area contributed by atoms with Crippen LogP contribution in [-0.2, 0) is 5.41 Å². The molecule has 0 fully saturated rings. The standard InChI is InChI=1S/C19H18N2O3/c1-19(2)15-6-4-5-7-16(15)20(3)18(19)11-8-13-12-14(21(23)24)9-10-17(13)22/h4-10,12,22H,1-3H3. The molecule has 1 aliphatic rings. The van der Waals surface area contributed by atoms with Crippen LogP contribution in [0.5, 0.6) is 5.75 Å². The van der Waals surface area contributed by atoms with Gasteiger partial charge in [0.15, 0.2) is 0 Å². The van der Waals surface area contributed by atoms with E-state index >= 15 is 0 Å². The minimum absolute atomic E-state index is 0.00956. The smallest absolute Gasteiger partial charge is 0.270 e. The van der Waals surface area contributed by atoms with Crippen LogP contribution < -0.4 is 4.90 Å². The predicted molar refractivity (Wildman–Crippen MR) is 94.1 cm³/mol. The average molecular weight is 322 g/mol. The number of hydrogen-bond donors (Lipinski definition) is 1. The maximum atomic E-state index is 10.9. The molecule has 0 amide bonds. The number of nitro groups is 1. The molecule has 5 nitrogen and oxygen atoms in total. The Balaban J connectivity index is 2.11. The Hall–Kier alpha value is -3.04. The average Bonchev–Trinajstić information content (AvgIpc) is 2.74. The van der Waals surface area contributed by atoms with Gasteiger partial charge in [-0.15, -0.1) is 0 Å². The first-order valence-corrected chi connectivity index (χ1v) is 7.60. The molecule has 0 aliphatic carbocycles. The number of hydrogen-bond acceptors (Lipinski definition) is 4. The van der Waals surface area contributed by atoms with Gasteiger partial charge in [0, 0.05) is 35.8 Å². The molecule has 0 aromatic heterocycles. The Labute approximate surface area is 140 Å². The molecule has 2 aromatic rings. The van der Waals surface area contributed by atoms with Crippen molar-refractivity contribution in [2.75, 3.05) is 11.9 Å². The number of phenols is 1. The van der Waals surface area contributed by atoms with Crippen molar-refractivity contribution in [3.63, 3.8) is 0 Å². The number of nitrogens with zero attached hydrogens (tertiary/aromatic N) is 2. The molecule has 0 atom stereocenters. The zero-order valence-electron chi connectivity index (χ0n) is 13.8. The summed E-state index contributed by atoms with van der Waals surface area (Å²) in [6, 6.07) is 12.1. The number of rotatable bonds is 2. The largest absolute Gasteiger partial charge is 0.507 e. The number of aromatic hydroxyl groups is 1. The molecular formula is C19H18N2O3. The van der Waals surface area contributed by atoms with Crippen molar-refractivity contribution >= 4 is 17.5 Å². The maximum absolute atomic E-state index is 10.9. The molecule has 0 bridgehead atoms. The number of benzene rings is 2. The second kappa shape index (κ2) is 5.55. The van der Waals surface area contributed by atoms with E-state index in [4.69, 9.17) is 0 Å². The summed E-state index contributed by atoms with van der Waals surface area (Å²) in [5, 5.41) is 20.8. The van der Waals surface area contributed by atoms with Crippen LogP contribution >= 0.6 is 0 Å². The summed E-state index contributed by atoms with van der Waals surface area (Å²) in [6.45, 7) is 4.22. The first kappa shape index (κ1) is 15.8. The van der Waals surface area contributed by atoms with Crippen molar-refractivity contribution < 1.29 is 10.0 Å². The summed E-state index contributed by atoms with van der Waals surface area (Å²) >= 11 is 0. The van der Waals surface area contributed by atoms with Crippen molar-refractivity contribution in [1.82, 2.24) is 0 Å². The maximum Gasteiger partial charge on any atom is 0.270 e. The molecule has 1 aliphatic heterocycles. The number of allylic oxidation sites excluding steroid dienone is 1. The highest BCUT2D eigenvalue weighted by Gasteiger charge is 2.38. The van der Waals surface area contributed by atoms with E-state index in [-0.39, 0.29) is 16.9 Å². The van der Waals surface area contributed by atoms with E-state index < -0.39 is 4.92 Å².